The molecule has 0 radical (unpaired) electrons. The third-order valence-corrected chi connectivity index (χ3v) is 5.86. The molecule has 0 fully saturated rings. The summed E-state index contributed by atoms with van der Waals surface area (Å²) in [5.74, 6) is 0.445. The molecule has 2 amide bonds. The van der Waals surface area contributed by atoms with Gasteiger partial charge in [-0.3, -0.25) is 9.36 Å². The lowest BCUT2D eigenvalue weighted by atomic mass is 10.2. The maximum Gasteiger partial charge on any atom is 0.322 e. The Labute approximate surface area is 200 Å². The minimum absolute atomic E-state index is 0.191. The molecule has 0 aliphatic heterocycles. The Kier molecular flexibility index (Phi) is 8.00. The number of fused-ring (bicyclic) bond motifs is 1. The van der Waals surface area contributed by atoms with Gasteiger partial charge in [0.05, 0.1) is 34.3 Å². The lowest BCUT2D eigenvalue weighted by molar-refractivity contribution is 0.136. The first-order valence-electron chi connectivity index (χ1n) is 9.98. The lowest BCUT2D eigenvalue weighted by Crippen LogP contribution is -2.41. The second kappa shape index (κ2) is 10.5. The number of aromatic nitrogens is 2. The number of hydrogen-bond acceptors (Lipinski definition) is 4. The van der Waals surface area contributed by atoms with E-state index in [9.17, 15) is 9.59 Å². The standard InChI is InChI=1S/C22H23Cl3N4O3/c1-4-28-20(26-19-12-15(24)5-7-16(19)21(28)30)13(2)29(9-10-32-3)22(31)27-18-8-6-14(23)11-17(18)25/h5-8,11-13H,4,9-10H2,1-3H3,(H,27,31). The van der Waals surface area contributed by atoms with Crippen LogP contribution >= 0.6 is 34.8 Å². The molecule has 0 aliphatic rings. The summed E-state index contributed by atoms with van der Waals surface area (Å²) in [5.41, 5.74) is 0.701. The molecule has 10 heteroatoms. The molecule has 0 spiro atoms. The SMILES string of the molecule is CCn1c(C(C)N(CCOC)C(=O)Nc2ccc(Cl)cc2Cl)nc2cc(Cl)ccc2c1=O. The van der Waals surface area contributed by atoms with E-state index < -0.39 is 12.1 Å². The molecule has 2 aromatic carbocycles. The first-order valence-corrected chi connectivity index (χ1v) is 11.1. The molecular weight excluding hydrogens is 475 g/mol. The second-order valence-corrected chi connectivity index (χ2v) is 8.38. The van der Waals surface area contributed by atoms with Gasteiger partial charge in [0.25, 0.3) is 5.56 Å². The Balaban J connectivity index is 2.03. The lowest BCUT2D eigenvalue weighted by Gasteiger charge is -2.30. The van der Waals surface area contributed by atoms with E-state index >= 15 is 0 Å². The summed E-state index contributed by atoms with van der Waals surface area (Å²) in [6, 6.07) is 8.80. The number of ether oxygens (including phenoxy) is 1. The molecule has 0 saturated carbocycles. The predicted octanol–water partition coefficient (Wildman–Crippen LogP) is 5.62. The highest BCUT2D eigenvalue weighted by atomic mass is 35.5. The van der Waals surface area contributed by atoms with Crippen LogP contribution in [0.3, 0.4) is 0 Å². The van der Waals surface area contributed by atoms with E-state index in [1.54, 1.807) is 53.0 Å². The van der Waals surface area contributed by atoms with Gasteiger partial charge in [-0.15, -0.1) is 0 Å². The van der Waals surface area contributed by atoms with E-state index in [1.807, 2.05) is 13.8 Å². The number of halogens is 3. The Morgan fingerprint density at radius 1 is 1.19 bits per heavy atom. The van der Waals surface area contributed by atoms with Crippen molar-refractivity contribution in [3.63, 3.8) is 0 Å². The zero-order chi connectivity index (χ0) is 23.4. The van der Waals surface area contributed by atoms with Gasteiger partial charge in [0, 0.05) is 30.2 Å². The van der Waals surface area contributed by atoms with Gasteiger partial charge in [-0.05, 0) is 50.2 Å². The zero-order valence-electron chi connectivity index (χ0n) is 17.9. The highest BCUT2D eigenvalue weighted by molar-refractivity contribution is 6.36. The molecule has 1 N–H and O–H groups in total. The number of methoxy groups -OCH3 is 1. The van der Waals surface area contributed by atoms with Gasteiger partial charge in [0.1, 0.15) is 5.82 Å². The molecular formula is C22H23Cl3N4O3. The van der Waals surface area contributed by atoms with Crippen LogP contribution in [0.1, 0.15) is 25.7 Å². The molecule has 1 heterocycles. The van der Waals surface area contributed by atoms with E-state index in [4.69, 9.17) is 39.5 Å². The number of hydrogen-bond donors (Lipinski definition) is 1. The van der Waals surface area contributed by atoms with Crippen LogP contribution in [0.15, 0.2) is 41.2 Å². The van der Waals surface area contributed by atoms with E-state index in [0.717, 1.165) is 0 Å². The molecule has 0 aliphatic carbocycles. The van der Waals surface area contributed by atoms with Crippen LogP contribution in [-0.2, 0) is 11.3 Å². The number of nitrogens with one attached hydrogen (secondary N) is 1. The Hall–Kier alpha value is -2.32. The normalized spacial score (nSPS) is 12.1. The Morgan fingerprint density at radius 3 is 2.53 bits per heavy atom. The van der Waals surface area contributed by atoms with Crippen molar-refractivity contribution in [2.75, 3.05) is 25.6 Å². The number of benzene rings is 2. The molecule has 0 saturated heterocycles. The minimum atomic E-state index is -0.549. The van der Waals surface area contributed by atoms with Crippen LogP contribution < -0.4 is 10.9 Å². The van der Waals surface area contributed by atoms with Crippen LogP contribution in [0.2, 0.25) is 15.1 Å². The van der Waals surface area contributed by atoms with E-state index in [-0.39, 0.29) is 12.1 Å². The van der Waals surface area contributed by atoms with Gasteiger partial charge >= 0.3 is 6.03 Å². The molecule has 7 nitrogen and oxygen atoms in total. The van der Waals surface area contributed by atoms with Crippen molar-refractivity contribution in [3.8, 4) is 0 Å². The van der Waals surface area contributed by atoms with Gasteiger partial charge in [-0.1, -0.05) is 34.8 Å². The number of carbonyl (C=O) groups is 1. The number of carbonyl (C=O) groups excluding carboxylic acids is 1. The highest BCUT2D eigenvalue weighted by Crippen LogP contribution is 2.27. The molecule has 1 unspecified atom stereocenters. The Morgan fingerprint density at radius 2 is 1.88 bits per heavy atom. The number of amides is 2. The van der Waals surface area contributed by atoms with Crippen LogP contribution in [0.4, 0.5) is 10.5 Å². The van der Waals surface area contributed by atoms with E-state index in [0.29, 0.717) is 50.6 Å². The highest BCUT2D eigenvalue weighted by Gasteiger charge is 2.26. The maximum atomic E-state index is 13.2. The fourth-order valence-corrected chi connectivity index (χ4v) is 4.04. The van der Waals surface area contributed by atoms with Gasteiger partial charge in [-0.2, -0.15) is 0 Å². The van der Waals surface area contributed by atoms with E-state index in [1.165, 1.54) is 0 Å². The van der Waals surface area contributed by atoms with Crippen LogP contribution in [-0.4, -0.2) is 40.7 Å². The van der Waals surface area contributed by atoms with Gasteiger partial charge < -0.3 is 15.0 Å². The van der Waals surface area contributed by atoms with Crippen LogP contribution in [0, 0.1) is 0 Å². The average Bonchev–Trinajstić information content (AvgIpc) is 2.75. The second-order valence-electron chi connectivity index (χ2n) is 7.10. The zero-order valence-corrected chi connectivity index (χ0v) is 20.1. The summed E-state index contributed by atoms with van der Waals surface area (Å²) in [7, 11) is 1.55. The summed E-state index contributed by atoms with van der Waals surface area (Å²) in [5, 5.41) is 4.52. The number of rotatable bonds is 7. The smallest absolute Gasteiger partial charge is 0.322 e. The first kappa shape index (κ1) is 24.3. The largest absolute Gasteiger partial charge is 0.383 e. The van der Waals surface area contributed by atoms with Gasteiger partial charge in [0.2, 0.25) is 0 Å². The van der Waals surface area contributed by atoms with Crippen molar-refractivity contribution in [1.82, 2.24) is 14.5 Å². The van der Waals surface area contributed by atoms with E-state index in [2.05, 4.69) is 10.3 Å². The molecule has 1 atom stereocenters. The van der Waals surface area contributed by atoms with Crippen molar-refractivity contribution in [1.29, 1.82) is 0 Å². The molecule has 0 bridgehead atoms. The van der Waals surface area contributed by atoms with Crippen molar-refractivity contribution in [2.24, 2.45) is 0 Å². The fraction of sp³-hybridized carbons (Fsp3) is 0.318. The van der Waals surface area contributed by atoms with Crippen molar-refractivity contribution >= 4 is 57.4 Å². The third-order valence-electron chi connectivity index (χ3n) is 5.07. The quantitative estimate of drug-likeness (QED) is 0.460. The fourth-order valence-electron chi connectivity index (χ4n) is 3.41. The van der Waals surface area contributed by atoms with Gasteiger partial charge in [0.15, 0.2) is 0 Å². The summed E-state index contributed by atoms with van der Waals surface area (Å²) in [6.07, 6.45) is 0. The minimum Gasteiger partial charge on any atom is -0.383 e. The van der Waals surface area contributed by atoms with Crippen molar-refractivity contribution < 1.29 is 9.53 Å². The molecule has 32 heavy (non-hydrogen) atoms. The number of nitrogens with zero attached hydrogens (tertiary/aromatic N) is 3. The molecule has 1 aromatic heterocycles. The maximum absolute atomic E-state index is 13.2. The first-order chi connectivity index (χ1) is 15.3. The monoisotopic (exact) mass is 496 g/mol. The Bertz CT molecular complexity index is 1200. The molecule has 3 aromatic rings. The number of anilines is 1. The van der Waals surface area contributed by atoms with Crippen molar-refractivity contribution in [2.45, 2.75) is 26.4 Å². The van der Waals surface area contributed by atoms with Crippen molar-refractivity contribution in [3.05, 3.63) is 67.6 Å². The number of urea groups is 1. The summed E-state index contributed by atoms with van der Waals surface area (Å²) in [4.78, 5) is 32.5. The average molecular weight is 498 g/mol. The predicted molar refractivity (Wildman–Crippen MR) is 129 cm³/mol. The molecule has 170 valence electrons. The summed E-state index contributed by atoms with van der Waals surface area (Å²) >= 11 is 18.3. The summed E-state index contributed by atoms with van der Waals surface area (Å²) in [6.45, 7) is 4.62. The topological polar surface area (TPSA) is 76.5 Å². The summed E-state index contributed by atoms with van der Waals surface area (Å²) < 4.78 is 6.75. The van der Waals surface area contributed by atoms with Crippen LogP contribution in [0.5, 0.6) is 0 Å². The third kappa shape index (κ3) is 5.18. The molecule has 3 rings (SSSR count). The van der Waals surface area contributed by atoms with Crippen LogP contribution in [0.25, 0.3) is 10.9 Å². The van der Waals surface area contributed by atoms with Gasteiger partial charge in [-0.25, -0.2) is 9.78 Å².